The van der Waals surface area contributed by atoms with E-state index in [1.807, 2.05) is 12.2 Å². The molecule has 0 heterocycles. The molecule has 0 spiro atoms. The summed E-state index contributed by atoms with van der Waals surface area (Å²) in [6.45, 7) is 2.28. The summed E-state index contributed by atoms with van der Waals surface area (Å²) in [5.41, 5.74) is 0. The number of aliphatic hydroxyl groups is 2. The molecule has 0 amide bonds. The van der Waals surface area contributed by atoms with Crippen molar-refractivity contribution in [1.82, 2.24) is 0 Å². The van der Waals surface area contributed by atoms with Gasteiger partial charge in [-0.2, -0.15) is 0 Å². The van der Waals surface area contributed by atoms with Crippen LogP contribution in [0.3, 0.4) is 0 Å². The third-order valence-electron chi connectivity index (χ3n) is 18.1. The average Bonchev–Trinajstić information content (AvgIpc) is 0.886. The fourth-order valence-corrected chi connectivity index (χ4v) is 13.1. The van der Waals surface area contributed by atoms with Crippen LogP contribution in [0, 0.1) is 0 Å². The third kappa shape index (κ3) is 87.3. The van der Waals surface area contributed by atoms with Crippen LogP contribution in [-0.4, -0.2) is 95.9 Å². The van der Waals surface area contributed by atoms with E-state index in [4.69, 9.17) is 32.3 Å². The van der Waals surface area contributed by atoms with Crippen molar-refractivity contribution in [3.05, 3.63) is 182 Å². The molecule has 5 unspecified atom stereocenters. The second-order valence-corrected chi connectivity index (χ2v) is 31.8. The van der Waals surface area contributed by atoms with Crippen molar-refractivity contribution in [3.63, 3.8) is 0 Å². The van der Waals surface area contributed by atoms with Gasteiger partial charge < -0.3 is 34.2 Å². The number of allylic oxidation sites excluding steroid dienone is 30. The number of rotatable bonds is 82. The molecule has 16 nitrogen and oxygen atoms in total. The summed E-state index contributed by atoms with van der Waals surface area (Å²) < 4.78 is 61.3. The van der Waals surface area contributed by atoms with Gasteiger partial charge in [0.1, 0.15) is 25.4 Å². The van der Waals surface area contributed by atoms with E-state index in [1.165, 1.54) is 128 Å². The van der Waals surface area contributed by atoms with Crippen LogP contribution < -0.4 is 0 Å². The number of carbonyl (C=O) groups excluding carboxylic acids is 3. The molecule has 0 fully saturated rings. The standard InChI is InChI=1S/C95H158O16P2/c1-4-7-10-13-16-19-22-25-28-31-33-35-37-39-40-41-42-43-44-45-46-47-48-50-52-53-55-58-60-63-66-69-72-75-78-81-93(98)105-84-90(96)85-107-112(101,102)108-86-91(97)87-109-113(103,104)110-89-92(111-95(100)83-80-77-74-71-68-65-62-57-30-27-24-21-18-15-12-9-6-3)88-106-94(99)82-79-76-73-70-67-64-61-59-56-54-51-49-38-36-34-32-29-26-23-20-17-14-11-8-5-2/h7-12,16-21,25-30,33-36,39-40,49,51,62,65,71,74,90-92,96-97H,4-6,13-15,22-24,31-32,37-38,41-48,50,52-61,63-64,66-70,72-73,75-89H2,1-3H3,(H,101,102)(H,103,104)/b10-7-,11-8-,12-9-,19-16-,20-17-,21-18-,28-25-,29-26-,30-27-,35-33-,36-34-,40-39-,51-49-,65-62-,74-71-. The third-order valence-corrected chi connectivity index (χ3v) is 20.0. The predicted molar refractivity (Wildman–Crippen MR) is 472 cm³/mol. The number of hydrogen-bond donors (Lipinski definition) is 4. The highest BCUT2D eigenvalue weighted by Crippen LogP contribution is 2.45. The second-order valence-electron chi connectivity index (χ2n) is 28.9. The summed E-state index contributed by atoms with van der Waals surface area (Å²) in [5, 5.41) is 20.7. The molecule has 0 aliphatic carbocycles. The fraction of sp³-hybridized carbons (Fsp3) is 0.653. The lowest BCUT2D eigenvalue weighted by atomic mass is 10.0. The highest BCUT2D eigenvalue weighted by molar-refractivity contribution is 7.47. The van der Waals surface area contributed by atoms with Gasteiger partial charge in [0.15, 0.2) is 6.10 Å². The smallest absolute Gasteiger partial charge is 0.463 e. The summed E-state index contributed by atoms with van der Waals surface area (Å²) in [5.74, 6) is -1.65. The molecule has 0 aliphatic heterocycles. The maximum atomic E-state index is 13.0. The van der Waals surface area contributed by atoms with E-state index in [1.54, 1.807) is 0 Å². The molecule has 0 rings (SSSR count). The zero-order valence-corrected chi connectivity index (χ0v) is 72.5. The number of phosphoric acid groups is 2. The van der Waals surface area contributed by atoms with E-state index < -0.39 is 91.5 Å². The van der Waals surface area contributed by atoms with Crippen molar-refractivity contribution < 1.29 is 75.8 Å². The number of ether oxygens (including phenoxy) is 3. The van der Waals surface area contributed by atoms with Crippen molar-refractivity contribution in [2.75, 3.05) is 39.6 Å². The molecule has 0 aromatic rings. The van der Waals surface area contributed by atoms with Crippen LogP contribution >= 0.6 is 15.6 Å². The zero-order chi connectivity index (χ0) is 82.2. The Morgan fingerprint density at radius 2 is 0.451 bits per heavy atom. The van der Waals surface area contributed by atoms with Crippen LogP contribution in [0.5, 0.6) is 0 Å². The minimum absolute atomic E-state index is 0.0196. The van der Waals surface area contributed by atoms with E-state index in [2.05, 4.69) is 191 Å². The Hall–Kier alpha value is -5.35. The maximum absolute atomic E-state index is 13.0. The van der Waals surface area contributed by atoms with E-state index in [-0.39, 0.29) is 19.3 Å². The van der Waals surface area contributed by atoms with Crippen molar-refractivity contribution >= 4 is 33.6 Å². The van der Waals surface area contributed by atoms with Gasteiger partial charge in [0.25, 0.3) is 0 Å². The van der Waals surface area contributed by atoms with Gasteiger partial charge in [-0.3, -0.25) is 32.5 Å². The second kappa shape index (κ2) is 86.0. The Labute approximate surface area is 687 Å². The van der Waals surface area contributed by atoms with E-state index in [0.717, 1.165) is 148 Å². The van der Waals surface area contributed by atoms with Gasteiger partial charge in [0.2, 0.25) is 0 Å². The molecule has 0 saturated carbocycles. The molecule has 0 aromatic carbocycles. The van der Waals surface area contributed by atoms with Crippen molar-refractivity contribution in [3.8, 4) is 0 Å². The van der Waals surface area contributed by atoms with Gasteiger partial charge in [0, 0.05) is 19.3 Å². The summed E-state index contributed by atoms with van der Waals surface area (Å²) >= 11 is 0. The van der Waals surface area contributed by atoms with Gasteiger partial charge in [-0.1, -0.05) is 357 Å². The normalized spacial score (nSPS) is 14.7. The lowest BCUT2D eigenvalue weighted by Crippen LogP contribution is -2.30. The maximum Gasteiger partial charge on any atom is 0.472 e. The quantitative estimate of drug-likeness (QED) is 0.0146. The lowest BCUT2D eigenvalue weighted by molar-refractivity contribution is -0.161. The minimum atomic E-state index is -4.96. The molecule has 0 aliphatic rings. The first-order valence-corrected chi connectivity index (χ1v) is 47.1. The van der Waals surface area contributed by atoms with Crippen LogP contribution in [0.2, 0.25) is 0 Å². The number of hydrogen-bond acceptors (Lipinski definition) is 14. The van der Waals surface area contributed by atoms with E-state index >= 15 is 0 Å². The van der Waals surface area contributed by atoms with Crippen LogP contribution in [0.15, 0.2) is 182 Å². The lowest BCUT2D eigenvalue weighted by Gasteiger charge is -2.21. The van der Waals surface area contributed by atoms with Gasteiger partial charge >= 0.3 is 33.6 Å². The van der Waals surface area contributed by atoms with Crippen molar-refractivity contribution in [1.29, 1.82) is 0 Å². The molecule has 113 heavy (non-hydrogen) atoms. The number of esters is 3. The Bertz CT molecular complexity index is 2780. The van der Waals surface area contributed by atoms with Crippen LogP contribution in [-0.2, 0) is 55.8 Å². The fourth-order valence-electron chi connectivity index (χ4n) is 11.5. The van der Waals surface area contributed by atoms with Crippen LogP contribution in [0.25, 0.3) is 0 Å². The van der Waals surface area contributed by atoms with Crippen molar-refractivity contribution in [2.24, 2.45) is 0 Å². The predicted octanol–water partition coefficient (Wildman–Crippen LogP) is 26.9. The number of phosphoric ester groups is 2. The Morgan fingerprint density at radius 1 is 0.248 bits per heavy atom. The molecule has 644 valence electrons. The first-order chi connectivity index (χ1) is 55.2. The van der Waals surface area contributed by atoms with Crippen LogP contribution in [0.1, 0.15) is 342 Å². The molecule has 0 saturated heterocycles. The zero-order valence-electron chi connectivity index (χ0n) is 70.7. The molecule has 18 heteroatoms. The molecular weight excluding hydrogens is 1460 g/mol. The Kier molecular flexibility index (Phi) is 81.9. The van der Waals surface area contributed by atoms with Crippen LogP contribution in [0.4, 0.5) is 0 Å². The number of unbranched alkanes of at least 4 members (excludes halogenated alkanes) is 29. The number of aliphatic hydroxyl groups excluding tert-OH is 2. The van der Waals surface area contributed by atoms with E-state index in [9.17, 15) is 43.5 Å². The topological polar surface area (TPSA) is 231 Å². The first kappa shape index (κ1) is 108. The van der Waals surface area contributed by atoms with Gasteiger partial charge in [-0.15, -0.1) is 0 Å². The molecule has 5 atom stereocenters. The molecular formula is C95H158O16P2. The minimum Gasteiger partial charge on any atom is -0.463 e. The molecule has 4 N–H and O–H groups in total. The largest absolute Gasteiger partial charge is 0.472 e. The van der Waals surface area contributed by atoms with Gasteiger partial charge in [-0.05, 0) is 148 Å². The highest BCUT2D eigenvalue weighted by atomic mass is 31.2. The summed E-state index contributed by atoms with van der Waals surface area (Å²) in [7, 11) is -9.83. The Morgan fingerprint density at radius 3 is 0.726 bits per heavy atom. The first-order valence-electron chi connectivity index (χ1n) is 44.1. The highest BCUT2D eigenvalue weighted by Gasteiger charge is 2.29. The average molecular weight is 1620 g/mol. The van der Waals surface area contributed by atoms with Gasteiger partial charge in [0.05, 0.1) is 26.4 Å². The Balaban J connectivity index is 4.50. The van der Waals surface area contributed by atoms with E-state index in [0.29, 0.717) is 25.7 Å². The van der Waals surface area contributed by atoms with Crippen molar-refractivity contribution in [2.45, 2.75) is 360 Å². The number of carbonyl (C=O) groups is 3. The summed E-state index contributed by atoms with van der Waals surface area (Å²) in [6, 6.07) is 0. The SMILES string of the molecule is CC/C=C\C/C=C\C/C=C\C/C=C\C/C=C\CCCCCCCCCCCCCCCCCCCCCC(=O)OCC(O)COP(=O)(O)OCC(O)COP(=O)(O)OCC(COC(=O)CCCCCCCCCCC/C=C\C/C=C\C/C=C\C/C=C\C/C=C\CC)OC(=O)CCC/C=C\C/C=C\C/C=C\C/C=C\C/C=C\CC. The molecule has 0 bridgehead atoms. The monoisotopic (exact) mass is 1620 g/mol. The molecule has 0 aromatic heterocycles. The summed E-state index contributed by atoms with van der Waals surface area (Å²) in [6.07, 6.45) is 113. The van der Waals surface area contributed by atoms with Gasteiger partial charge in [-0.25, -0.2) is 9.13 Å². The summed E-state index contributed by atoms with van der Waals surface area (Å²) in [4.78, 5) is 58.8. The molecule has 0 radical (unpaired) electrons.